The highest BCUT2D eigenvalue weighted by Crippen LogP contribution is 2.41. The molecule has 4 aromatic rings. The summed E-state index contributed by atoms with van der Waals surface area (Å²) in [7, 11) is 3.30. The maximum Gasteiger partial charge on any atom is 0.409 e. The van der Waals surface area contributed by atoms with Crippen LogP contribution in [-0.2, 0) is 4.74 Å². The topological polar surface area (TPSA) is 46.6 Å². The highest BCUT2D eigenvalue weighted by Gasteiger charge is 2.27. The number of ketones is 1. The summed E-state index contributed by atoms with van der Waals surface area (Å²) in [6.45, 7) is 6.40. The molecular weight excluding hydrogens is 462 g/mol. The van der Waals surface area contributed by atoms with Gasteiger partial charge in [-0.25, -0.2) is 4.79 Å². The molecule has 0 N–H and O–H groups in total. The number of hydrogen-bond acceptors (Lipinski definition) is 5. The number of thiophene rings is 2. The van der Waals surface area contributed by atoms with E-state index in [1.807, 2.05) is 37.3 Å². The number of carbonyl (C=O) groups is 2. The van der Waals surface area contributed by atoms with Crippen molar-refractivity contribution in [3.8, 4) is 22.3 Å². The summed E-state index contributed by atoms with van der Waals surface area (Å²) in [4.78, 5) is 27.2. The molecule has 1 aliphatic rings. The van der Waals surface area contributed by atoms with Crippen molar-refractivity contribution in [1.29, 1.82) is 0 Å². The smallest absolute Gasteiger partial charge is 0.409 e. The SMILES string of the molecule is CCOC(=O)N(C)C.Cc1cc(-c2ccccc2)cs1.Cc1cc2c(s1)C(=O)c1ccccc1-2. The molecule has 176 valence electrons. The third kappa shape index (κ3) is 6.22. The number of rotatable bonds is 2. The molecule has 0 fully saturated rings. The minimum atomic E-state index is -0.285. The van der Waals surface area contributed by atoms with Gasteiger partial charge < -0.3 is 9.64 Å². The second-order valence-corrected chi connectivity index (χ2v) is 10.3. The summed E-state index contributed by atoms with van der Waals surface area (Å²) in [5.41, 5.74) is 5.71. The van der Waals surface area contributed by atoms with E-state index in [1.54, 1.807) is 43.7 Å². The average Bonchev–Trinajstić information content (AvgIpc) is 3.51. The van der Waals surface area contributed by atoms with Crippen molar-refractivity contribution in [2.24, 2.45) is 0 Å². The van der Waals surface area contributed by atoms with Gasteiger partial charge in [0.15, 0.2) is 0 Å². The van der Waals surface area contributed by atoms with Gasteiger partial charge in [-0.2, -0.15) is 0 Å². The second-order valence-electron chi connectivity index (χ2n) is 7.88. The predicted octanol–water partition coefficient (Wildman–Crippen LogP) is 7.70. The number of amides is 1. The highest BCUT2D eigenvalue weighted by atomic mass is 32.1. The van der Waals surface area contributed by atoms with Gasteiger partial charge in [0.2, 0.25) is 5.78 Å². The van der Waals surface area contributed by atoms with Crippen LogP contribution in [-0.4, -0.2) is 37.5 Å². The molecule has 0 aliphatic heterocycles. The first-order chi connectivity index (χ1) is 16.3. The lowest BCUT2D eigenvalue weighted by Crippen LogP contribution is -2.22. The van der Waals surface area contributed by atoms with Gasteiger partial charge in [-0.1, -0.05) is 54.6 Å². The Hall–Kier alpha value is -3.22. The molecule has 1 amide bonds. The van der Waals surface area contributed by atoms with Crippen LogP contribution in [0, 0.1) is 13.8 Å². The average molecular weight is 492 g/mol. The lowest BCUT2D eigenvalue weighted by atomic mass is 10.1. The van der Waals surface area contributed by atoms with Crippen molar-refractivity contribution < 1.29 is 14.3 Å². The zero-order valence-corrected chi connectivity index (χ0v) is 21.8. The van der Waals surface area contributed by atoms with E-state index in [9.17, 15) is 9.59 Å². The lowest BCUT2D eigenvalue weighted by Gasteiger charge is -2.07. The third-order valence-electron chi connectivity index (χ3n) is 4.99. The molecule has 1 aliphatic carbocycles. The van der Waals surface area contributed by atoms with Crippen molar-refractivity contribution in [2.75, 3.05) is 20.7 Å². The molecular formula is C28H29NO3S2. The van der Waals surface area contributed by atoms with Gasteiger partial charge in [0.25, 0.3) is 0 Å². The molecule has 4 nitrogen and oxygen atoms in total. The standard InChI is InChI=1S/C12H8OS.C11H10S.C5H11NO2/c1-7-6-10-8-4-2-3-5-9(8)11(13)12(10)14-7;1-9-7-11(8-12-9)10-5-3-2-4-6-10;1-4-8-5(7)6(2)3/h2-6H,1H3;2-8H,1H3;4H2,1-3H3. The summed E-state index contributed by atoms with van der Waals surface area (Å²) in [5, 5.41) is 2.20. The van der Waals surface area contributed by atoms with E-state index >= 15 is 0 Å². The summed E-state index contributed by atoms with van der Waals surface area (Å²) in [6.07, 6.45) is -0.285. The fourth-order valence-corrected chi connectivity index (χ4v) is 5.09. The van der Waals surface area contributed by atoms with E-state index in [1.165, 1.54) is 25.8 Å². The Kier molecular flexibility index (Phi) is 8.79. The van der Waals surface area contributed by atoms with E-state index in [0.717, 1.165) is 21.6 Å². The number of ether oxygens (including phenoxy) is 1. The lowest BCUT2D eigenvalue weighted by molar-refractivity contribution is 0.104. The number of nitrogens with zero attached hydrogens (tertiary/aromatic N) is 1. The summed E-state index contributed by atoms with van der Waals surface area (Å²) < 4.78 is 4.59. The second kappa shape index (κ2) is 11.8. The van der Waals surface area contributed by atoms with Crippen LogP contribution >= 0.6 is 22.7 Å². The first kappa shape index (κ1) is 25.4. The van der Waals surface area contributed by atoms with Crippen LogP contribution in [0.3, 0.4) is 0 Å². The van der Waals surface area contributed by atoms with E-state index in [2.05, 4.69) is 53.4 Å². The monoisotopic (exact) mass is 491 g/mol. The van der Waals surface area contributed by atoms with Crippen molar-refractivity contribution in [1.82, 2.24) is 4.90 Å². The maximum atomic E-state index is 11.9. The Labute approximate surface area is 209 Å². The van der Waals surface area contributed by atoms with Crippen molar-refractivity contribution in [3.05, 3.63) is 92.3 Å². The minimum Gasteiger partial charge on any atom is -0.450 e. The number of carbonyl (C=O) groups excluding carboxylic acids is 2. The van der Waals surface area contributed by atoms with Crippen molar-refractivity contribution in [3.63, 3.8) is 0 Å². The number of hydrogen-bond donors (Lipinski definition) is 0. The van der Waals surface area contributed by atoms with E-state index in [0.29, 0.717) is 6.61 Å². The van der Waals surface area contributed by atoms with Gasteiger partial charge in [-0.05, 0) is 55.0 Å². The van der Waals surface area contributed by atoms with E-state index in [-0.39, 0.29) is 11.9 Å². The first-order valence-corrected chi connectivity index (χ1v) is 12.7. The Morgan fingerprint density at radius 2 is 1.50 bits per heavy atom. The third-order valence-corrected chi connectivity index (χ3v) is 6.90. The first-order valence-electron chi connectivity index (χ1n) is 11.0. The van der Waals surface area contributed by atoms with Crippen LogP contribution in [0.25, 0.3) is 22.3 Å². The fraction of sp³-hybridized carbons (Fsp3) is 0.214. The molecule has 0 bridgehead atoms. The largest absolute Gasteiger partial charge is 0.450 e. The van der Waals surface area contributed by atoms with Crippen LogP contribution in [0.5, 0.6) is 0 Å². The molecule has 6 heteroatoms. The summed E-state index contributed by atoms with van der Waals surface area (Å²) in [5.74, 6) is 0.189. The van der Waals surface area contributed by atoms with Gasteiger partial charge in [-0.3, -0.25) is 4.79 Å². The van der Waals surface area contributed by atoms with Crippen LogP contribution in [0.1, 0.15) is 31.9 Å². The van der Waals surface area contributed by atoms with Crippen LogP contribution < -0.4 is 0 Å². The van der Waals surface area contributed by atoms with Gasteiger partial charge in [0, 0.05) is 35.0 Å². The van der Waals surface area contributed by atoms with Crippen molar-refractivity contribution >= 4 is 34.6 Å². The molecule has 5 rings (SSSR count). The highest BCUT2D eigenvalue weighted by molar-refractivity contribution is 7.15. The quantitative estimate of drug-likeness (QED) is 0.254. The Morgan fingerprint density at radius 3 is 2.06 bits per heavy atom. The Balaban J connectivity index is 0.000000149. The van der Waals surface area contributed by atoms with Gasteiger partial charge in [-0.15, -0.1) is 22.7 Å². The molecule has 0 atom stereocenters. The van der Waals surface area contributed by atoms with Crippen LogP contribution in [0.4, 0.5) is 4.79 Å². The molecule has 0 unspecified atom stereocenters. The van der Waals surface area contributed by atoms with E-state index < -0.39 is 0 Å². The molecule has 0 radical (unpaired) electrons. The Morgan fingerprint density at radius 1 is 0.853 bits per heavy atom. The fourth-order valence-electron chi connectivity index (χ4n) is 3.40. The maximum absolute atomic E-state index is 11.9. The zero-order valence-electron chi connectivity index (χ0n) is 20.1. The molecule has 2 aromatic carbocycles. The Bertz CT molecular complexity index is 1260. The van der Waals surface area contributed by atoms with Crippen LogP contribution in [0.15, 0.2) is 72.1 Å². The minimum absolute atomic E-state index is 0.189. The molecule has 2 aromatic heterocycles. The summed E-state index contributed by atoms with van der Waals surface area (Å²) in [6, 6.07) is 22.6. The molecule has 2 heterocycles. The number of benzene rings is 2. The molecule has 0 spiro atoms. The van der Waals surface area contributed by atoms with Gasteiger partial charge >= 0.3 is 6.09 Å². The van der Waals surface area contributed by atoms with E-state index in [4.69, 9.17) is 0 Å². The molecule has 0 saturated carbocycles. The number of aryl methyl sites for hydroxylation is 2. The summed E-state index contributed by atoms with van der Waals surface area (Å²) >= 11 is 3.39. The van der Waals surface area contributed by atoms with Gasteiger partial charge in [0.05, 0.1) is 11.5 Å². The van der Waals surface area contributed by atoms with Crippen molar-refractivity contribution in [2.45, 2.75) is 20.8 Å². The van der Waals surface area contributed by atoms with Crippen LogP contribution in [0.2, 0.25) is 0 Å². The molecule has 34 heavy (non-hydrogen) atoms. The predicted molar refractivity (Wildman–Crippen MR) is 143 cm³/mol. The molecule has 0 saturated heterocycles. The normalized spacial score (nSPS) is 10.8. The number of fused-ring (bicyclic) bond motifs is 3. The van der Waals surface area contributed by atoms with Gasteiger partial charge in [0.1, 0.15) is 0 Å². The zero-order chi connectivity index (χ0) is 24.7.